The summed E-state index contributed by atoms with van der Waals surface area (Å²) in [6.07, 6.45) is 0.907. The van der Waals surface area contributed by atoms with E-state index in [1.807, 2.05) is 12.1 Å². The fourth-order valence-corrected chi connectivity index (χ4v) is 7.05. The maximum absolute atomic E-state index is 11.5. The van der Waals surface area contributed by atoms with Crippen LogP contribution in [0.2, 0.25) is 0 Å². The summed E-state index contributed by atoms with van der Waals surface area (Å²) < 4.78 is 7.91. The van der Waals surface area contributed by atoms with Crippen LogP contribution in [0.5, 0.6) is 0 Å². The second-order valence-corrected chi connectivity index (χ2v) is 13.0. The number of fused-ring (bicyclic) bond motifs is 2. The van der Waals surface area contributed by atoms with Crippen molar-refractivity contribution in [1.29, 1.82) is 0 Å². The number of anilines is 1. The van der Waals surface area contributed by atoms with Crippen molar-refractivity contribution in [2.45, 2.75) is 45.8 Å². The Balaban J connectivity index is 1.19. The van der Waals surface area contributed by atoms with E-state index >= 15 is 0 Å². The first kappa shape index (κ1) is 28.7. The number of benzene rings is 3. The summed E-state index contributed by atoms with van der Waals surface area (Å²) in [6.45, 7) is 10.8. The molecule has 4 heterocycles. The van der Waals surface area contributed by atoms with E-state index in [0.717, 1.165) is 85.5 Å². The predicted molar refractivity (Wildman–Crippen MR) is 175 cm³/mol. The number of morpholine rings is 1. The van der Waals surface area contributed by atoms with Gasteiger partial charge in [-0.05, 0) is 64.9 Å². The molecule has 5 aromatic rings. The largest absolute Gasteiger partial charge is 0.478 e. The standard InChI is InChI=1S/C35H37N5O3S/c1-23(2)25-5-3-24(4-6-25)19-40-32-18-29(39-13-15-43-16-14-39)9-10-30(32)37-34(40)31-22-44-33(36-31)21-38-12-11-26-7-8-27(35(41)42)17-28(26)20-38/h3-10,17-18,22-23H,11-16,19-21H2,1-2H3,(H,41,42). The van der Waals surface area contributed by atoms with Gasteiger partial charge in [-0.2, -0.15) is 0 Å². The molecule has 7 rings (SSSR count). The molecule has 1 saturated heterocycles. The monoisotopic (exact) mass is 607 g/mol. The van der Waals surface area contributed by atoms with Crippen molar-refractivity contribution in [1.82, 2.24) is 19.4 Å². The number of ether oxygens (including phenoxy) is 1. The molecule has 0 aliphatic carbocycles. The smallest absolute Gasteiger partial charge is 0.335 e. The van der Waals surface area contributed by atoms with Gasteiger partial charge in [0, 0.05) is 43.8 Å². The normalized spacial score (nSPS) is 15.7. The lowest BCUT2D eigenvalue weighted by Gasteiger charge is -2.28. The number of carboxylic acids is 1. The fourth-order valence-electron chi connectivity index (χ4n) is 6.24. The van der Waals surface area contributed by atoms with Gasteiger partial charge in [0.1, 0.15) is 10.7 Å². The van der Waals surface area contributed by atoms with Crippen molar-refractivity contribution in [3.63, 3.8) is 0 Å². The summed E-state index contributed by atoms with van der Waals surface area (Å²) in [5.41, 5.74) is 9.39. The van der Waals surface area contributed by atoms with Crippen LogP contribution in [0.4, 0.5) is 5.69 Å². The number of hydrogen-bond donors (Lipinski definition) is 1. The van der Waals surface area contributed by atoms with Crippen LogP contribution < -0.4 is 4.90 Å². The number of nitrogens with zero attached hydrogens (tertiary/aromatic N) is 5. The van der Waals surface area contributed by atoms with E-state index in [0.29, 0.717) is 18.0 Å². The van der Waals surface area contributed by atoms with Gasteiger partial charge in [-0.1, -0.05) is 44.2 Å². The lowest BCUT2D eigenvalue weighted by molar-refractivity contribution is 0.0696. The Kier molecular flexibility index (Phi) is 7.93. The van der Waals surface area contributed by atoms with Crippen LogP contribution in [0.25, 0.3) is 22.6 Å². The number of thiazole rings is 1. The molecule has 0 spiro atoms. The average molecular weight is 608 g/mol. The summed E-state index contributed by atoms with van der Waals surface area (Å²) >= 11 is 1.66. The minimum Gasteiger partial charge on any atom is -0.478 e. The molecule has 0 radical (unpaired) electrons. The lowest BCUT2D eigenvalue weighted by atomic mass is 9.97. The Morgan fingerprint density at radius 1 is 0.955 bits per heavy atom. The van der Waals surface area contributed by atoms with E-state index in [2.05, 4.69) is 76.1 Å². The molecule has 0 amide bonds. The fraction of sp³-hybridized carbons (Fsp3) is 0.343. The third-order valence-electron chi connectivity index (χ3n) is 8.78. The highest BCUT2D eigenvalue weighted by Crippen LogP contribution is 2.31. The maximum Gasteiger partial charge on any atom is 0.335 e. The molecule has 2 aromatic heterocycles. The first-order valence-corrected chi connectivity index (χ1v) is 16.2. The van der Waals surface area contributed by atoms with Crippen LogP contribution in [-0.2, 0) is 30.8 Å². The number of aromatic nitrogens is 3. The highest BCUT2D eigenvalue weighted by Gasteiger charge is 2.22. The third kappa shape index (κ3) is 5.87. The molecule has 1 N–H and O–H groups in total. The van der Waals surface area contributed by atoms with Gasteiger partial charge < -0.3 is 19.3 Å². The molecule has 0 bridgehead atoms. The van der Waals surface area contributed by atoms with Crippen LogP contribution >= 0.6 is 11.3 Å². The lowest BCUT2D eigenvalue weighted by Crippen LogP contribution is -2.36. The van der Waals surface area contributed by atoms with E-state index in [-0.39, 0.29) is 0 Å². The molecule has 1 fully saturated rings. The molecule has 3 aromatic carbocycles. The van der Waals surface area contributed by atoms with Crippen LogP contribution in [0.3, 0.4) is 0 Å². The van der Waals surface area contributed by atoms with Gasteiger partial charge >= 0.3 is 5.97 Å². The van der Waals surface area contributed by atoms with Gasteiger partial charge in [0.15, 0.2) is 5.82 Å². The topological polar surface area (TPSA) is 83.7 Å². The zero-order chi connectivity index (χ0) is 30.2. The molecule has 0 atom stereocenters. The second-order valence-electron chi connectivity index (χ2n) is 12.1. The first-order chi connectivity index (χ1) is 21.4. The minimum absolute atomic E-state index is 0.344. The van der Waals surface area contributed by atoms with Crippen LogP contribution in [-0.4, -0.2) is 63.4 Å². The summed E-state index contributed by atoms with van der Waals surface area (Å²) in [5, 5.41) is 12.6. The summed E-state index contributed by atoms with van der Waals surface area (Å²) in [7, 11) is 0. The molecule has 9 heteroatoms. The zero-order valence-corrected chi connectivity index (χ0v) is 26.0. The average Bonchev–Trinajstić information content (AvgIpc) is 3.65. The molecule has 0 unspecified atom stereocenters. The van der Waals surface area contributed by atoms with Gasteiger partial charge in [0.05, 0.1) is 36.4 Å². The van der Waals surface area contributed by atoms with Gasteiger partial charge in [-0.25, -0.2) is 14.8 Å². The van der Waals surface area contributed by atoms with Gasteiger partial charge in [0.2, 0.25) is 0 Å². The molecule has 2 aliphatic rings. The summed E-state index contributed by atoms with van der Waals surface area (Å²) in [4.78, 5) is 26.5. The van der Waals surface area contributed by atoms with E-state index in [1.165, 1.54) is 22.4 Å². The highest BCUT2D eigenvalue weighted by molar-refractivity contribution is 7.09. The molecular weight excluding hydrogens is 570 g/mol. The first-order valence-electron chi connectivity index (χ1n) is 15.4. The zero-order valence-electron chi connectivity index (χ0n) is 25.2. The highest BCUT2D eigenvalue weighted by atomic mass is 32.1. The summed E-state index contributed by atoms with van der Waals surface area (Å²) in [5.74, 6) is 0.487. The van der Waals surface area contributed by atoms with Gasteiger partial charge in [-0.3, -0.25) is 4.90 Å². The maximum atomic E-state index is 11.5. The van der Waals surface area contributed by atoms with Gasteiger partial charge in [0.25, 0.3) is 0 Å². The Morgan fingerprint density at radius 2 is 1.77 bits per heavy atom. The Bertz CT molecular complexity index is 1800. The Morgan fingerprint density at radius 3 is 2.55 bits per heavy atom. The van der Waals surface area contributed by atoms with Gasteiger partial charge in [-0.15, -0.1) is 11.3 Å². The third-order valence-corrected chi connectivity index (χ3v) is 9.61. The van der Waals surface area contributed by atoms with Crippen LogP contribution in [0.15, 0.2) is 66.0 Å². The number of carbonyl (C=O) groups is 1. The second kappa shape index (κ2) is 12.1. The van der Waals surface area contributed by atoms with E-state index in [1.54, 1.807) is 17.4 Å². The Hall–Kier alpha value is -4.05. The number of carboxylic acid groups (broad SMARTS) is 1. The molecule has 0 saturated carbocycles. The molecule has 8 nitrogen and oxygen atoms in total. The molecular formula is C35H37N5O3S. The number of rotatable bonds is 8. The van der Waals surface area contributed by atoms with Crippen molar-refractivity contribution >= 4 is 34.0 Å². The molecule has 44 heavy (non-hydrogen) atoms. The van der Waals surface area contributed by atoms with Crippen molar-refractivity contribution in [2.75, 3.05) is 37.7 Å². The number of hydrogen-bond acceptors (Lipinski definition) is 7. The van der Waals surface area contributed by atoms with E-state index in [4.69, 9.17) is 14.7 Å². The van der Waals surface area contributed by atoms with Crippen molar-refractivity contribution in [3.8, 4) is 11.5 Å². The number of imidazole rings is 1. The van der Waals surface area contributed by atoms with Crippen molar-refractivity contribution in [3.05, 3.63) is 98.9 Å². The molecule has 2 aliphatic heterocycles. The van der Waals surface area contributed by atoms with E-state index < -0.39 is 5.97 Å². The SMILES string of the molecule is CC(C)c1ccc(Cn2c(-c3csc(CN4CCc5ccc(C(=O)O)cc5C4)n3)nc3ccc(N4CCOCC4)cc32)cc1. The Labute approximate surface area is 261 Å². The predicted octanol–water partition coefficient (Wildman–Crippen LogP) is 6.42. The van der Waals surface area contributed by atoms with Crippen LogP contribution in [0.1, 0.15) is 57.4 Å². The minimum atomic E-state index is -0.884. The van der Waals surface area contributed by atoms with Crippen LogP contribution in [0, 0.1) is 0 Å². The summed E-state index contributed by atoms with van der Waals surface area (Å²) in [6, 6.07) is 21.0. The van der Waals surface area contributed by atoms with Crippen molar-refractivity contribution < 1.29 is 14.6 Å². The van der Waals surface area contributed by atoms with Crippen molar-refractivity contribution in [2.24, 2.45) is 0 Å². The quantitative estimate of drug-likeness (QED) is 0.218. The van der Waals surface area contributed by atoms with E-state index in [9.17, 15) is 9.90 Å². The molecule has 226 valence electrons. The number of aromatic carboxylic acids is 1.